The van der Waals surface area contributed by atoms with Crippen molar-refractivity contribution in [1.29, 1.82) is 0 Å². The van der Waals surface area contributed by atoms with Gasteiger partial charge in [0.25, 0.3) is 0 Å². The van der Waals surface area contributed by atoms with Crippen molar-refractivity contribution in [2.75, 3.05) is 6.54 Å². The number of benzene rings is 1. The van der Waals surface area contributed by atoms with E-state index in [0.717, 1.165) is 17.0 Å². The number of unbranched alkanes of at least 4 members (excludes halogenated alkanes) is 2. The van der Waals surface area contributed by atoms with Crippen LogP contribution in [0.2, 0.25) is 5.02 Å². The fraction of sp³-hybridized carbons (Fsp3) is 0.357. The summed E-state index contributed by atoms with van der Waals surface area (Å²) >= 11 is 5.78. The van der Waals surface area contributed by atoms with Gasteiger partial charge in [-0.15, -0.1) is 5.92 Å². The second-order valence-electron chi connectivity index (χ2n) is 3.48. The minimum absolute atomic E-state index is 0.576. The molecule has 16 heavy (non-hydrogen) atoms. The van der Waals surface area contributed by atoms with Crippen molar-refractivity contribution >= 4 is 17.8 Å². The Morgan fingerprint density at radius 2 is 2.00 bits per heavy atom. The molecule has 1 rings (SSSR count). The van der Waals surface area contributed by atoms with Gasteiger partial charge in [0.1, 0.15) is 0 Å². The van der Waals surface area contributed by atoms with Gasteiger partial charge in [0, 0.05) is 17.7 Å². The lowest BCUT2D eigenvalue weighted by Gasteiger charge is -1.91. The molecule has 0 aromatic heterocycles. The van der Waals surface area contributed by atoms with Crippen molar-refractivity contribution < 1.29 is 0 Å². The molecule has 0 spiro atoms. The summed E-state index contributed by atoms with van der Waals surface area (Å²) in [5.41, 5.74) is 1.06. The van der Waals surface area contributed by atoms with E-state index < -0.39 is 0 Å². The fourth-order valence-electron chi connectivity index (χ4n) is 1.15. The Morgan fingerprint density at radius 1 is 1.25 bits per heavy atom. The van der Waals surface area contributed by atoms with Gasteiger partial charge in [0.2, 0.25) is 0 Å². The fourth-order valence-corrected chi connectivity index (χ4v) is 1.28. The zero-order chi connectivity index (χ0) is 11.6. The average Bonchev–Trinajstić information content (AvgIpc) is 2.30. The largest absolute Gasteiger partial charge is 0.280 e. The molecule has 0 aliphatic heterocycles. The average molecular weight is 234 g/mol. The highest BCUT2D eigenvalue weighted by Crippen LogP contribution is 2.07. The van der Waals surface area contributed by atoms with Crippen LogP contribution in [0.5, 0.6) is 0 Å². The van der Waals surface area contributed by atoms with Crippen molar-refractivity contribution in [3.8, 4) is 11.8 Å². The predicted octanol–water partition coefficient (Wildman–Crippen LogP) is 3.95. The van der Waals surface area contributed by atoms with E-state index in [0.29, 0.717) is 6.54 Å². The van der Waals surface area contributed by atoms with Gasteiger partial charge in [0.05, 0.1) is 6.54 Å². The molecule has 0 heterocycles. The Balaban J connectivity index is 2.31. The second kappa shape index (κ2) is 7.96. The Bertz CT molecular complexity index is 381. The van der Waals surface area contributed by atoms with Crippen LogP contribution < -0.4 is 0 Å². The third kappa shape index (κ3) is 5.58. The summed E-state index contributed by atoms with van der Waals surface area (Å²) in [7, 11) is 0. The zero-order valence-corrected chi connectivity index (χ0v) is 10.3. The molecule has 0 unspecified atom stereocenters. The Labute approximate surface area is 103 Å². The standard InChI is InChI=1S/C14H16ClN/c1-2-3-4-5-6-11-16-12-13-7-9-14(15)10-8-13/h7-10,12H,2-4,11H2,1H3/b16-12+. The lowest BCUT2D eigenvalue weighted by molar-refractivity contribution is 0.827. The van der Waals surface area contributed by atoms with E-state index in [2.05, 4.69) is 23.8 Å². The summed E-state index contributed by atoms with van der Waals surface area (Å²) in [6, 6.07) is 7.60. The highest BCUT2D eigenvalue weighted by Gasteiger charge is 1.86. The maximum atomic E-state index is 5.78. The number of hydrogen-bond acceptors (Lipinski definition) is 1. The summed E-state index contributed by atoms with van der Waals surface area (Å²) in [6.45, 7) is 2.74. The minimum Gasteiger partial charge on any atom is -0.280 e. The summed E-state index contributed by atoms with van der Waals surface area (Å²) < 4.78 is 0. The molecule has 0 radical (unpaired) electrons. The van der Waals surface area contributed by atoms with Crippen LogP contribution in [-0.2, 0) is 0 Å². The molecule has 0 aliphatic rings. The summed E-state index contributed by atoms with van der Waals surface area (Å²) in [5.74, 6) is 6.12. The van der Waals surface area contributed by atoms with Crippen molar-refractivity contribution in [3.63, 3.8) is 0 Å². The van der Waals surface area contributed by atoms with Crippen LogP contribution in [0.1, 0.15) is 31.7 Å². The van der Waals surface area contributed by atoms with Gasteiger partial charge in [-0.2, -0.15) is 0 Å². The molecule has 0 saturated carbocycles. The van der Waals surface area contributed by atoms with Gasteiger partial charge < -0.3 is 0 Å². The van der Waals surface area contributed by atoms with Crippen LogP contribution >= 0.6 is 11.6 Å². The van der Waals surface area contributed by atoms with Gasteiger partial charge in [0.15, 0.2) is 0 Å². The molecule has 0 bridgehead atoms. The molecule has 0 saturated heterocycles. The molecule has 0 atom stereocenters. The first-order chi connectivity index (χ1) is 7.83. The Morgan fingerprint density at radius 3 is 2.69 bits per heavy atom. The van der Waals surface area contributed by atoms with E-state index in [1.54, 1.807) is 0 Å². The maximum absolute atomic E-state index is 5.78. The molecule has 0 aliphatic carbocycles. The van der Waals surface area contributed by atoms with E-state index >= 15 is 0 Å². The van der Waals surface area contributed by atoms with Gasteiger partial charge in [-0.25, -0.2) is 0 Å². The SMILES string of the molecule is CCCCC#CC/N=C/c1ccc(Cl)cc1. The van der Waals surface area contributed by atoms with Gasteiger partial charge in [-0.1, -0.05) is 43.0 Å². The number of aliphatic imine (C=N–C) groups is 1. The zero-order valence-electron chi connectivity index (χ0n) is 9.54. The summed E-state index contributed by atoms with van der Waals surface area (Å²) in [5, 5.41) is 0.747. The molecule has 0 N–H and O–H groups in total. The van der Waals surface area contributed by atoms with Crippen LogP contribution in [0.15, 0.2) is 29.3 Å². The molecule has 0 fully saturated rings. The molecular formula is C14H16ClN. The third-order valence-corrected chi connectivity index (χ3v) is 2.31. The highest BCUT2D eigenvalue weighted by atomic mass is 35.5. The lowest BCUT2D eigenvalue weighted by atomic mass is 10.2. The molecule has 2 heteroatoms. The second-order valence-corrected chi connectivity index (χ2v) is 3.91. The van der Waals surface area contributed by atoms with Crippen LogP contribution in [0, 0.1) is 11.8 Å². The Hall–Kier alpha value is -1.26. The van der Waals surface area contributed by atoms with Crippen LogP contribution in [0.3, 0.4) is 0 Å². The molecule has 0 amide bonds. The van der Waals surface area contributed by atoms with E-state index in [1.807, 2.05) is 30.5 Å². The van der Waals surface area contributed by atoms with Crippen LogP contribution in [0.25, 0.3) is 0 Å². The quantitative estimate of drug-likeness (QED) is 0.424. The number of halogens is 1. The minimum atomic E-state index is 0.576. The first kappa shape index (κ1) is 12.8. The van der Waals surface area contributed by atoms with Crippen molar-refractivity contribution in [3.05, 3.63) is 34.9 Å². The molecular weight excluding hydrogens is 218 g/mol. The third-order valence-electron chi connectivity index (χ3n) is 2.06. The molecule has 1 aromatic rings. The normalized spacial score (nSPS) is 10.1. The molecule has 84 valence electrons. The van der Waals surface area contributed by atoms with Gasteiger partial charge in [-0.3, -0.25) is 4.99 Å². The van der Waals surface area contributed by atoms with Crippen molar-refractivity contribution in [1.82, 2.24) is 0 Å². The van der Waals surface area contributed by atoms with Crippen LogP contribution in [0.4, 0.5) is 0 Å². The van der Waals surface area contributed by atoms with Gasteiger partial charge in [-0.05, 0) is 24.1 Å². The Kier molecular flexibility index (Phi) is 6.37. The number of rotatable bonds is 4. The van der Waals surface area contributed by atoms with E-state index in [1.165, 1.54) is 12.8 Å². The first-order valence-corrected chi connectivity index (χ1v) is 5.92. The molecule has 1 nitrogen and oxygen atoms in total. The highest BCUT2D eigenvalue weighted by molar-refractivity contribution is 6.30. The number of nitrogens with zero attached hydrogens (tertiary/aromatic N) is 1. The molecule has 1 aromatic carbocycles. The van der Waals surface area contributed by atoms with Crippen LogP contribution in [-0.4, -0.2) is 12.8 Å². The van der Waals surface area contributed by atoms with E-state index in [9.17, 15) is 0 Å². The van der Waals surface area contributed by atoms with E-state index in [4.69, 9.17) is 11.6 Å². The smallest absolute Gasteiger partial charge is 0.0997 e. The van der Waals surface area contributed by atoms with Crippen molar-refractivity contribution in [2.24, 2.45) is 4.99 Å². The van der Waals surface area contributed by atoms with E-state index in [-0.39, 0.29) is 0 Å². The monoisotopic (exact) mass is 233 g/mol. The first-order valence-electron chi connectivity index (χ1n) is 5.54. The van der Waals surface area contributed by atoms with Gasteiger partial charge >= 0.3 is 0 Å². The maximum Gasteiger partial charge on any atom is 0.0997 e. The number of hydrogen-bond donors (Lipinski definition) is 0. The predicted molar refractivity (Wildman–Crippen MR) is 71.2 cm³/mol. The summed E-state index contributed by atoms with van der Waals surface area (Å²) in [4.78, 5) is 4.23. The van der Waals surface area contributed by atoms with Crippen molar-refractivity contribution in [2.45, 2.75) is 26.2 Å². The summed E-state index contributed by atoms with van der Waals surface area (Å²) in [6.07, 6.45) is 5.18. The topological polar surface area (TPSA) is 12.4 Å². The lowest BCUT2D eigenvalue weighted by Crippen LogP contribution is -1.81.